The number of carbonyl (C=O) groups is 1. The Bertz CT molecular complexity index is 637. The minimum atomic E-state index is 0.276. The lowest BCUT2D eigenvalue weighted by Crippen LogP contribution is -2.36. The molecule has 0 unspecified atom stereocenters. The van der Waals surface area contributed by atoms with Crippen molar-refractivity contribution in [3.8, 4) is 5.75 Å². The van der Waals surface area contributed by atoms with E-state index >= 15 is 0 Å². The number of methoxy groups -OCH3 is 1. The van der Waals surface area contributed by atoms with Gasteiger partial charge in [0.2, 0.25) is 5.91 Å². The Morgan fingerprint density at radius 2 is 2.17 bits per heavy atom. The van der Waals surface area contributed by atoms with E-state index in [0.29, 0.717) is 12.5 Å². The maximum atomic E-state index is 12.6. The molecule has 1 aromatic carbocycles. The van der Waals surface area contributed by atoms with Crippen LogP contribution in [0.1, 0.15) is 31.2 Å². The van der Waals surface area contributed by atoms with Crippen LogP contribution >= 0.6 is 0 Å². The van der Waals surface area contributed by atoms with Gasteiger partial charge < -0.3 is 9.64 Å². The Balaban J connectivity index is 1.51. The number of aromatic nitrogens is 2. The van der Waals surface area contributed by atoms with E-state index in [2.05, 4.69) is 22.1 Å². The van der Waals surface area contributed by atoms with Gasteiger partial charge in [-0.05, 0) is 49.4 Å². The fraction of sp³-hybridized carbons (Fsp3) is 0.474. The van der Waals surface area contributed by atoms with E-state index in [-0.39, 0.29) is 5.91 Å². The van der Waals surface area contributed by atoms with Crippen LogP contribution in [0.3, 0.4) is 0 Å². The summed E-state index contributed by atoms with van der Waals surface area (Å²) in [5.41, 5.74) is 1.26. The van der Waals surface area contributed by atoms with Crippen LogP contribution in [0.4, 0.5) is 0 Å². The molecule has 0 N–H and O–H groups in total. The average Bonchev–Trinajstić information content (AvgIpc) is 3.27. The number of rotatable bonds is 7. The molecule has 0 radical (unpaired) electrons. The van der Waals surface area contributed by atoms with Gasteiger partial charge in [0.05, 0.1) is 7.11 Å². The third-order valence-corrected chi connectivity index (χ3v) is 4.66. The number of amides is 1. The van der Waals surface area contributed by atoms with Gasteiger partial charge in [0.25, 0.3) is 0 Å². The summed E-state index contributed by atoms with van der Waals surface area (Å²) in [5, 5.41) is 4.18. The fourth-order valence-corrected chi connectivity index (χ4v) is 3.38. The summed E-state index contributed by atoms with van der Waals surface area (Å²) in [7, 11) is 1.68. The van der Waals surface area contributed by atoms with Crippen LogP contribution in [-0.2, 0) is 17.8 Å². The van der Waals surface area contributed by atoms with Crippen molar-refractivity contribution in [1.29, 1.82) is 0 Å². The largest absolute Gasteiger partial charge is 0.497 e. The van der Waals surface area contributed by atoms with Crippen molar-refractivity contribution >= 4 is 5.91 Å². The van der Waals surface area contributed by atoms with Gasteiger partial charge in [-0.1, -0.05) is 12.1 Å². The van der Waals surface area contributed by atoms with E-state index in [4.69, 9.17) is 4.74 Å². The topological polar surface area (TPSA) is 47.4 Å². The van der Waals surface area contributed by atoms with Gasteiger partial charge in [-0.25, -0.2) is 0 Å². The molecule has 1 aromatic heterocycles. The molecule has 0 spiro atoms. The molecule has 2 aromatic rings. The van der Waals surface area contributed by atoms with Crippen LogP contribution in [0, 0.1) is 0 Å². The standard InChI is InChI=1S/C19H25N3O2/c1-24-18-9-7-16(8-10-18)15-17-5-2-14-22(17)19(23)6-3-12-21-13-4-11-20-21/h4,7-11,13,17H,2-3,5-6,12,14-15H2,1H3/t17-/m0/s1. The molecule has 5 heteroatoms. The van der Waals surface area contributed by atoms with Crippen LogP contribution in [-0.4, -0.2) is 40.3 Å². The molecule has 2 heterocycles. The van der Waals surface area contributed by atoms with Crippen LogP contribution in [0.2, 0.25) is 0 Å². The van der Waals surface area contributed by atoms with E-state index in [0.717, 1.165) is 44.5 Å². The molecule has 24 heavy (non-hydrogen) atoms. The van der Waals surface area contributed by atoms with Crippen LogP contribution in [0.15, 0.2) is 42.7 Å². The second kappa shape index (κ2) is 7.99. The lowest BCUT2D eigenvalue weighted by molar-refractivity contribution is -0.132. The molecule has 3 rings (SSSR count). The fourth-order valence-electron chi connectivity index (χ4n) is 3.38. The highest BCUT2D eigenvalue weighted by Gasteiger charge is 2.28. The number of aryl methyl sites for hydroxylation is 1. The van der Waals surface area contributed by atoms with E-state index in [1.54, 1.807) is 13.3 Å². The molecule has 1 amide bonds. The summed E-state index contributed by atoms with van der Waals surface area (Å²) in [4.78, 5) is 14.6. The zero-order chi connectivity index (χ0) is 16.8. The molecule has 0 bridgehead atoms. The highest BCUT2D eigenvalue weighted by Crippen LogP contribution is 2.23. The van der Waals surface area contributed by atoms with Crippen molar-refractivity contribution in [2.24, 2.45) is 0 Å². The summed E-state index contributed by atoms with van der Waals surface area (Å²) in [5.74, 6) is 1.15. The number of likely N-dealkylation sites (tertiary alicyclic amines) is 1. The minimum Gasteiger partial charge on any atom is -0.497 e. The zero-order valence-electron chi connectivity index (χ0n) is 14.2. The van der Waals surface area contributed by atoms with Gasteiger partial charge in [-0.15, -0.1) is 0 Å². The van der Waals surface area contributed by atoms with Crippen LogP contribution in [0.5, 0.6) is 5.75 Å². The quantitative estimate of drug-likeness (QED) is 0.785. The first-order chi connectivity index (χ1) is 11.8. The average molecular weight is 327 g/mol. The second-order valence-electron chi connectivity index (χ2n) is 6.31. The summed E-state index contributed by atoms with van der Waals surface area (Å²) in [6.45, 7) is 1.69. The molecular formula is C19H25N3O2. The van der Waals surface area contributed by atoms with Gasteiger partial charge in [0.15, 0.2) is 0 Å². The minimum absolute atomic E-state index is 0.276. The number of hydrogen-bond donors (Lipinski definition) is 0. The van der Waals surface area contributed by atoms with E-state index < -0.39 is 0 Å². The van der Waals surface area contributed by atoms with Gasteiger partial charge in [0.1, 0.15) is 5.75 Å². The summed E-state index contributed by atoms with van der Waals surface area (Å²) < 4.78 is 7.08. The first-order valence-electron chi connectivity index (χ1n) is 8.66. The normalized spacial score (nSPS) is 17.2. The predicted molar refractivity (Wildman–Crippen MR) is 92.9 cm³/mol. The third kappa shape index (κ3) is 4.16. The lowest BCUT2D eigenvalue weighted by atomic mass is 10.0. The van der Waals surface area contributed by atoms with Gasteiger partial charge >= 0.3 is 0 Å². The van der Waals surface area contributed by atoms with Crippen LogP contribution in [0.25, 0.3) is 0 Å². The van der Waals surface area contributed by atoms with Gasteiger partial charge in [-0.3, -0.25) is 9.48 Å². The molecule has 128 valence electrons. The zero-order valence-corrected chi connectivity index (χ0v) is 14.2. The summed E-state index contributed by atoms with van der Waals surface area (Å²) in [6, 6.07) is 10.4. The maximum Gasteiger partial charge on any atom is 0.222 e. The van der Waals surface area contributed by atoms with Crippen molar-refractivity contribution in [3.63, 3.8) is 0 Å². The van der Waals surface area contributed by atoms with Crippen molar-refractivity contribution in [2.45, 2.75) is 44.7 Å². The lowest BCUT2D eigenvalue weighted by Gasteiger charge is -2.25. The van der Waals surface area contributed by atoms with Crippen molar-refractivity contribution in [2.75, 3.05) is 13.7 Å². The monoisotopic (exact) mass is 327 g/mol. The highest BCUT2D eigenvalue weighted by atomic mass is 16.5. The summed E-state index contributed by atoms with van der Waals surface area (Å²) >= 11 is 0. The Labute approximate surface area is 143 Å². The van der Waals surface area contributed by atoms with Gasteiger partial charge in [0, 0.05) is 37.9 Å². The number of benzene rings is 1. The van der Waals surface area contributed by atoms with Gasteiger partial charge in [-0.2, -0.15) is 5.10 Å². The first kappa shape index (κ1) is 16.6. The molecule has 1 aliphatic rings. The number of ether oxygens (including phenoxy) is 1. The Hall–Kier alpha value is -2.30. The first-order valence-corrected chi connectivity index (χ1v) is 8.66. The number of carbonyl (C=O) groups excluding carboxylic acids is 1. The molecule has 0 aliphatic carbocycles. The molecular weight excluding hydrogens is 302 g/mol. The predicted octanol–water partition coefficient (Wildman–Crippen LogP) is 2.91. The molecule has 1 atom stereocenters. The van der Waals surface area contributed by atoms with E-state index in [1.165, 1.54) is 5.56 Å². The van der Waals surface area contributed by atoms with Crippen molar-refractivity contribution in [1.82, 2.24) is 14.7 Å². The SMILES string of the molecule is COc1ccc(C[C@@H]2CCCN2C(=O)CCCn2cccn2)cc1. The summed E-state index contributed by atoms with van der Waals surface area (Å²) in [6.07, 6.45) is 8.27. The molecule has 5 nitrogen and oxygen atoms in total. The smallest absolute Gasteiger partial charge is 0.222 e. The second-order valence-corrected chi connectivity index (χ2v) is 6.31. The number of hydrogen-bond acceptors (Lipinski definition) is 3. The Morgan fingerprint density at radius 1 is 1.33 bits per heavy atom. The third-order valence-electron chi connectivity index (χ3n) is 4.66. The molecule has 1 aliphatic heterocycles. The van der Waals surface area contributed by atoms with Crippen molar-refractivity contribution < 1.29 is 9.53 Å². The van der Waals surface area contributed by atoms with E-state index in [9.17, 15) is 4.79 Å². The molecule has 0 saturated carbocycles. The van der Waals surface area contributed by atoms with Crippen LogP contribution < -0.4 is 4.74 Å². The molecule has 1 saturated heterocycles. The Kier molecular flexibility index (Phi) is 5.51. The highest BCUT2D eigenvalue weighted by molar-refractivity contribution is 5.76. The van der Waals surface area contributed by atoms with E-state index in [1.807, 2.05) is 29.1 Å². The Morgan fingerprint density at radius 3 is 2.88 bits per heavy atom. The maximum absolute atomic E-state index is 12.6. The number of nitrogens with zero attached hydrogens (tertiary/aromatic N) is 3. The molecule has 1 fully saturated rings. The van der Waals surface area contributed by atoms with Crippen molar-refractivity contribution in [3.05, 3.63) is 48.3 Å².